The van der Waals surface area contributed by atoms with Crippen LogP contribution in [0, 0.1) is 22.7 Å². The van der Waals surface area contributed by atoms with E-state index in [4.69, 9.17) is 44.6 Å². The molecule has 0 aromatic heterocycles. The number of carbonyl (C=O) groups is 17. The zero-order chi connectivity index (χ0) is 96.2. The second-order valence-electron chi connectivity index (χ2n) is 30.9. The van der Waals surface area contributed by atoms with Gasteiger partial charge in [0.1, 0.15) is 84.8 Å². The number of amides is 16. The first kappa shape index (κ1) is 110. The number of carboxylic acids is 1. The molecule has 0 unspecified atom stereocenters. The van der Waals surface area contributed by atoms with Crippen LogP contribution in [0.5, 0.6) is 5.75 Å². The van der Waals surface area contributed by atoms with Crippen molar-refractivity contribution in [2.24, 2.45) is 40.5 Å². The number of aromatic hydroxyl groups is 1. The van der Waals surface area contributed by atoms with Crippen molar-refractivity contribution >= 4 is 120 Å². The summed E-state index contributed by atoms with van der Waals surface area (Å²) in [7, 11) is -5.37. The van der Waals surface area contributed by atoms with Crippen molar-refractivity contribution in [3.05, 3.63) is 65.7 Å². The molecule has 0 aliphatic carbocycles. The number of likely N-dealkylation sites (tertiary alicyclic amines) is 1. The third-order valence-corrected chi connectivity index (χ3v) is 20.9. The van der Waals surface area contributed by atoms with Crippen LogP contribution in [0.1, 0.15) is 143 Å². The molecule has 1 saturated heterocycles. The summed E-state index contributed by atoms with van der Waals surface area (Å²) in [6.45, 7) is 6.55. The van der Waals surface area contributed by atoms with Crippen LogP contribution in [0.4, 0.5) is 0 Å². The fourth-order valence-corrected chi connectivity index (χ4v) is 13.1. The van der Waals surface area contributed by atoms with Crippen molar-refractivity contribution in [1.29, 1.82) is 10.8 Å². The lowest BCUT2D eigenvalue weighted by atomic mass is 9.96. The van der Waals surface area contributed by atoms with Crippen molar-refractivity contribution in [3.8, 4) is 5.75 Å². The molecule has 50 heteroatoms. The number of carbonyl (C=O) groups excluding carboxylic acids is 16. The lowest BCUT2D eigenvalue weighted by molar-refractivity contribution is -0.140. The van der Waals surface area contributed by atoms with E-state index >= 15 is 0 Å². The number of nitrogens with zero attached hydrogens (tertiary/aromatic N) is 1. The van der Waals surface area contributed by atoms with Gasteiger partial charge in [-0.25, -0.2) is 4.57 Å². The van der Waals surface area contributed by atoms with Gasteiger partial charge in [0.2, 0.25) is 94.5 Å². The SMILES string of the molecule is CC[C@H](C)[C@H](NC(=O)[C@H](CCCNC(=N)N)NC(=O)[C@@H](NC(=O)[C@H](COP(=O)(O)O)NC(=O)[C@H](CCCCN)NC(=O)[C@@H](N)CCCNC(=N)N)[C@@H](C)CC)C(=O)NCC(=O)N1CCC[C@H]1C(=O)NCC(=O)N[C@@H](CCC(N)=O)C(=O)N[C@H](C(=O)N[C@@H](Cc1ccccc1)C(=O)N[C@@H](Cc1ccc(O)cc1)C(=O)N[C@@H](C)C(=O)N[C@H](C(=O)NCC(=O)O)[C@@H](C)O)[C@@H](C)O. The van der Waals surface area contributed by atoms with E-state index in [9.17, 15) is 111 Å². The quantitative estimate of drug-likeness (QED) is 0.0127. The zero-order valence-corrected chi connectivity index (χ0v) is 73.4. The average molecular weight is 1830 g/mol. The minimum atomic E-state index is -5.37. The minimum absolute atomic E-state index is 0.0141. The number of hydrogen-bond acceptors (Lipinski definition) is 26. The Morgan fingerprint density at radius 3 is 1.46 bits per heavy atom. The number of benzene rings is 2. The second kappa shape index (κ2) is 56.0. The maximum absolute atomic E-state index is 14.6. The van der Waals surface area contributed by atoms with Crippen LogP contribution in [0.2, 0.25) is 0 Å². The van der Waals surface area contributed by atoms with Gasteiger partial charge in [0, 0.05) is 38.9 Å². The molecule has 714 valence electrons. The summed E-state index contributed by atoms with van der Waals surface area (Å²) in [5.74, 6) is -20.0. The standard InChI is InChI=1S/C78H127N24O25P/c1-8-40(3)60(98-67(114)50(22-16-32-87-78(84)85)94-75(122)61(41(4)9-2)99-71(118)54(39-127-128(124,125)126)97-66(113)49(21-13-14-30-79)93-65(112)48(80)20-15-31-86-77(82)83)73(120)89-37-58(108)102-33-17-23-55(102)72(119)88-36-57(107)92-51(28-29-56(81)106)68(115)101-63(44(7)104)76(123)96-53(34-45-18-11-10-12-19-45)70(117)95-52(35-46-24-26-47(105)27-25-46)69(116)91-42(5)64(111)100-62(43(6)103)74(121)90-38-59(109)110/h10-12,18-19,24-27,40-44,48-55,60-63,103-105H,8-9,13-17,20-23,28-39,79-80H2,1-7H3,(H2,81,106)(H,88,119)(H,89,120)(H,90,121)(H,91,116)(H,92,107)(H,93,112)(H,94,122)(H,95,117)(H,96,123)(H,97,113)(H,98,114)(H,99,118)(H,100,111)(H,101,115)(H,109,110)(H4,82,83,86)(H4,84,85,87)(H2,124,125,126)/t40-,41-,42-,43+,44+,48-,49-,50-,51-,52-,53-,54-,55-,60-,61-,62-,63-/m0/s1. The Kier molecular flexibility index (Phi) is 48.1. The predicted octanol–water partition coefficient (Wildman–Crippen LogP) is -8.83. The smallest absolute Gasteiger partial charge is 0.469 e. The van der Waals surface area contributed by atoms with Crippen LogP contribution in [0.3, 0.4) is 0 Å². The Labute approximate surface area is 738 Å². The lowest BCUT2D eigenvalue weighted by Gasteiger charge is -2.30. The number of phenols is 1. The van der Waals surface area contributed by atoms with Crippen LogP contribution < -0.4 is 114 Å². The molecule has 34 N–H and O–H groups in total. The maximum Gasteiger partial charge on any atom is 0.469 e. The monoisotopic (exact) mass is 1830 g/mol. The number of unbranched alkanes of at least 4 members (excludes halogenated alkanes) is 1. The number of aliphatic carboxylic acids is 1. The zero-order valence-electron chi connectivity index (χ0n) is 72.5. The van der Waals surface area contributed by atoms with Crippen LogP contribution in [0.15, 0.2) is 54.6 Å². The number of hydrogen-bond donors (Lipinski definition) is 29. The van der Waals surface area contributed by atoms with Crippen molar-refractivity contribution in [2.75, 3.05) is 52.4 Å². The fraction of sp³-hybridized carbons (Fsp3) is 0.603. The number of nitrogens with two attached hydrogens (primary N) is 5. The Morgan fingerprint density at radius 2 is 0.930 bits per heavy atom. The van der Waals surface area contributed by atoms with Crippen molar-refractivity contribution in [1.82, 2.24) is 90.0 Å². The maximum atomic E-state index is 14.6. The summed E-state index contributed by atoms with van der Waals surface area (Å²) in [6, 6.07) is -7.03. The molecule has 2 aromatic rings. The molecular formula is C78H127N24O25P. The highest BCUT2D eigenvalue weighted by Crippen LogP contribution is 2.36. The molecule has 1 aliphatic rings. The van der Waals surface area contributed by atoms with Gasteiger partial charge in [-0.2, -0.15) is 0 Å². The molecule has 128 heavy (non-hydrogen) atoms. The van der Waals surface area contributed by atoms with E-state index in [0.29, 0.717) is 17.5 Å². The molecule has 1 aliphatic heterocycles. The molecule has 0 spiro atoms. The second-order valence-corrected chi connectivity index (χ2v) is 32.1. The molecule has 0 radical (unpaired) electrons. The first-order valence-electron chi connectivity index (χ1n) is 41.7. The number of primary amides is 1. The summed E-state index contributed by atoms with van der Waals surface area (Å²) >= 11 is 0. The van der Waals surface area contributed by atoms with Gasteiger partial charge in [-0.15, -0.1) is 0 Å². The Bertz CT molecular complexity index is 4170. The summed E-state index contributed by atoms with van der Waals surface area (Å²) < 4.78 is 16.7. The van der Waals surface area contributed by atoms with E-state index in [1.807, 2.05) is 5.32 Å². The molecule has 16 amide bonds. The van der Waals surface area contributed by atoms with Gasteiger partial charge in [0.15, 0.2) is 11.9 Å². The van der Waals surface area contributed by atoms with Crippen molar-refractivity contribution < 1.29 is 121 Å². The largest absolute Gasteiger partial charge is 0.508 e. The molecular weight excluding hydrogens is 1700 g/mol. The van der Waals surface area contributed by atoms with E-state index in [0.717, 1.165) is 18.7 Å². The Hall–Kier alpha value is -12.3. The van der Waals surface area contributed by atoms with Gasteiger partial charge in [0.05, 0.1) is 37.9 Å². The normalized spacial score (nSPS) is 16.1. The van der Waals surface area contributed by atoms with Gasteiger partial charge in [-0.05, 0) is 127 Å². The average Bonchev–Trinajstić information content (AvgIpc) is 1.40. The van der Waals surface area contributed by atoms with Gasteiger partial charge < -0.3 is 149 Å². The first-order valence-corrected chi connectivity index (χ1v) is 43.2. The van der Waals surface area contributed by atoms with E-state index in [2.05, 4.69) is 84.3 Å². The highest BCUT2D eigenvalue weighted by molar-refractivity contribution is 7.46. The van der Waals surface area contributed by atoms with E-state index in [1.165, 1.54) is 38.1 Å². The Balaban J connectivity index is 1.83. The van der Waals surface area contributed by atoms with Crippen LogP contribution >= 0.6 is 7.82 Å². The number of carboxylic acid groups (broad SMARTS) is 1. The lowest BCUT2D eigenvalue weighted by Crippen LogP contribution is -2.62. The first-order chi connectivity index (χ1) is 60.2. The number of phosphoric acid groups is 1. The highest BCUT2D eigenvalue weighted by Gasteiger charge is 2.41. The minimum Gasteiger partial charge on any atom is -0.508 e. The molecule has 1 heterocycles. The third kappa shape index (κ3) is 40.6. The predicted molar refractivity (Wildman–Crippen MR) is 458 cm³/mol. The molecule has 2 aromatic carbocycles. The van der Waals surface area contributed by atoms with Gasteiger partial charge in [-0.3, -0.25) is 96.8 Å². The highest BCUT2D eigenvalue weighted by atomic mass is 31.2. The molecule has 3 rings (SSSR count). The number of rotatable bonds is 58. The number of phosphoric ester groups is 1. The number of aliphatic hydroxyl groups is 2. The van der Waals surface area contributed by atoms with Crippen LogP contribution in [-0.2, 0) is 103 Å². The van der Waals surface area contributed by atoms with Gasteiger partial charge in [0.25, 0.3) is 0 Å². The molecule has 1 fully saturated rings. The van der Waals surface area contributed by atoms with Crippen LogP contribution in [0.25, 0.3) is 0 Å². The number of aliphatic hydroxyl groups excluding tert-OH is 2. The molecule has 17 atom stereocenters. The third-order valence-electron chi connectivity index (χ3n) is 20.4. The summed E-state index contributed by atoms with van der Waals surface area (Å²) in [6.07, 6.45) is -3.59. The van der Waals surface area contributed by atoms with E-state index < -0.39 is 256 Å². The molecule has 0 bridgehead atoms. The van der Waals surface area contributed by atoms with Gasteiger partial charge >= 0.3 is 13.8 Å². The Morgan fingerprint density at radius 1 is 0.492 bits per heavy atom. The summed E-state index contributed by atoms with van der Waals surface area (Å²) in [5.41, 5.74) is 28.8. The number of phenolic OH excluding ortho intramolecular Hbond substituents is 1. The summed E-state index contributed by atoms with van der Waals surface area (Å²) in [5, 5.41) is 94.3. The van der Waals surface area contributed by atoms with E-state index in [1.54, 1.807) is 51.1 Å². The van der Waals surface area contributed by atoms with Crippen molar-refractivity contribution in [2.45, 2.75) is 236 Å². The van der Waals surface area contributed by atoms with Crippen LogP contribution in [-0.4, -0.2) is 291 Å². The molecule has 49 nitrogen and oxygen atoms in total. The molecule has 0 saturated carbocycles. The van der Waals surface area contributed by atoms with Crippen molar-refractivity contribution in [3.63, 3.8) is 0 Å². The fourth-order valence-electron chi connectivity index (χ4n) is 12.8. The number of nitrogens with one attached hydrogen (secondary N) is 18. The topological polar surface area (TPSA) is 811 Å². The number of guanidine groups is 2. The summed E-state index contributed by atoms with van der Waals surface area (Å²) in [4.78, 5) is 254. The van der Waals surface area contributed by atoms with E-state index in [-0.39, 0.29) is 115 Å². The van der Waals surface area contributed by atoms with Gasteiger partial charge in [-0.1, -0.05) is 83.0 Å².